The van der Waals surface area contributed by atoms with Gasteiger partial charge in [0.2, 0.25) is 0 Å². The van der Waals surface area contributed by atoms with Gasteiger partial charge in [0.05, 0.1) is 22.1 Å². The van der Waals surface area contributed by atoms with Crippen LogP contribution in [0.25, 0.3) is 93.5 Å². The SMILES string of the molecule is CC1(C)c2ccccc2Oc2c(-c3cccc4c(-c5cccc6c5-n5c7ccccc7c7cccc(c75)C65c6ccccc6-c6ccccc65)c5cccc(-c6cccc7c6Oc6ccccc6C7(C)C)c5cc34)cccc21. The van der Waals surface area contributed by atoms with Crippen LogP contribution in [0.1, 0.15) is 72.2 Å². The van der Waals surface area contributed by atoms with E-state index in [2.05, 4.69) is 269 Å². The second-order valence-corrected chi connectivity index (χ2v) is 23.0. The van der Waals surface area contributed by atoms with Crippen LogP contribution in [0.4, 0.5) is 0 Å². The van der Waals surface area contributed by atoms with E-state index in [9.17, 15) is 0 Å². The van der Waals surface area contributed by atoms with Crippen molar-refractivity contribution in [1.82, 2.24) is 4.57 Å². The van der Waals surface area contributed by atoms with Gasteiger partial charge in [-0.2, -0.15) is 0 Å². The second kappa shape index (κ2) is 15.4. The zero-order chi connectivity index (χ0) is 51.8. The minimum atomic E-state index is -0.605. The van der Waals surface area contributed by atoms with Gasteiger partial charge in [-0.25, -0.2) is 0 Å². The highest BCUT2D eigenvalue weighted by Crippen LogP contribution is 2.63. The Morgan fingerprint density at radius 1 is 0.295 bits per heavy atom. The van der Waals surface area contributed by atoms with E-state index in [0.717, 1.165) is 56.0 Å². The van der Waals surface area contributed by atoms with Crippen LogP contribution in [-0.2, 0) is 16.2 Å². The molecule has 3 heteroatoms. The lowest BCUT2D eigenvalue weighted by atomic mass is 9.64. The Balaban J connectivity index is 1.03. The molecule has 1 aliphatic carbocycles. The summed E-state index contributed by atoms with van der Waals surface area (Å²) in [5.41, 5.74) is 21.8. The molecular weight excluding hydrogens is 947 g/mol. The third-order valence-corrected chi connectivity index (χ3v) is 18.5. The zero-order valence-corrected chi connectivity index (χ0v) is 43.8. The molecule has 0 bridgehead atoms. The fourth-order valence-corrected chi connectivity index (χ4v) is 15.1. The van der Waals surface area contributed by atoms with Gasteiger partial charge in [0.15, 0.2) is 0 Å². The van der Waals surface area contributed by atoms with Crippen molar-refractivity contribution in [2.75, 3.05) is 0 Å². The highest BCUT2D eigenvalue weighted by molar-refractivity contribution is 6.22. The molecule has 3 nitrogen and oxygen atoms in total. The second-order valence-electron chi connectivity index (χ2n) is 23.0. The Bertz CT molecular complexity index is 4600. The number of fused-ring (bicyclic) bond motifs is 18. The van der Waals surface area contributed by atoms with Crippen molar-refractivity contribution >= 4 is 43.4 Å². The van der Waals surface area contributed by atoms with E-state index < -0.39 is 5.41 Å². The molecule has 0 saturated heterocycles. The van der Waals surface area contributed by atoms with Crippen LogP contribution in [0, 0.1) is 0 Å². The summed E-state index contributed by atoms with van der Waals surface area (Å²) >= 11 is 0. The summed E-state index contributed by atoms with van der Waals surface area (Å²) in [6, 6.07) is 88.4. The topological polar surface area (TPSA) is 23.4 Å². The average molecular weight is 998 g/mol. The number of para-hydroxylation sites is 7. The first-order valence-electron chi connectivity index (χ1n) is 27.4. The summed E-state index contributed by atoms with van der Waals surface area (Å²) in [4.78, 5) is 0. The van der Waals surface area contributed by atoms with Gasteiger partial charge in [-0.1, -0.05) is 240 Å². The minimum absolute atomic E-state index is 0.285. The molecule has 0 atom stereocenters. The molecule has 17 rings (SSSR count). The van der Waals surface area contributed by atoms with E-state index in [1.54, 1.807) is 0 Å². The fraction of sp³-hybridized carbons (Fsp3) is 0.0933. The van der Waals surface area contributed by atoms with Crippen LogP contribution in [-0.4, -0.2) is 4.57 Å². The molecule has 1 spiro atoms. The first-order chi connectivity index (χ1) is 38.2. The van der Waals surface area contributed by atoms with E-state index in [4.69, 9.17) is 9.47 Å². The number of hydrogen-bond donors (Lipinski definition) is 0. The lowest BCUT2D eigenvalue weighted by Gasteiger charge is -2.40. The van der Waals surface area contributed by atoms with E-state index in [1.165, 1.54) is 105 Å². The molecule has 0 N–H and O–H groups in total. The number of rotatable bonds is 3. The van der Waals surface area contributed by atoms with Crippen molar-refractivity contribution in [2.24, 2.45) is 0 Å². The standard InChI is InChI=1S/C75H51NO2/c1-73(2)59-34-10-13-41-66(59)77-71-52(29-18-38-63(71)73)44-24-15-26-49-55(44)43-56-45(53-30-19-39-64-72(53)78-67-42-14-11-35-60(67)74(64,3)4)25-16-27-50(56)68(49)54-31-20-37-62-70(54)76-65-40-12-7-23-48(65)51-28-17-36-61(69(51)76)75(62)57-32-8-5-21-46(57)47-22-6-9-33-58(47)75/h5-43H,1-4H3. The summed E-state index contributed by atoms with van der Waals surface area (Å²) in [6.07, 6.45) is 0. The first kappa shape index (κ1) is 43.8. The van der Waals surface area contributed by atoms with Gasteiger partial charge in [0.1, 0.15) is 23.0 Å². The van der Waals surface area contributed by atoms with Gasteiger partial charge in [0.25, 0.3) is 0 Å². The number of hydrogen-bond acceptors (Lipinski definition) is 2. The van der Waals surface area contributed by atoms with Crippen LogP contribution in [0.2, 0.25) is 0 Å². The Morgan fingerprint density at radius 2 is 0.692 bits per heavy atom. The highest BCUT2D eigenvalue weighted by Gasteiger charge is 2.51. The molecule has 368 valence electrons. The summed E-state index contributed by atoms with van der Waals surface area (Å²) in [5, 5.41) is 7.16. The lowest BCUT2D eigenvalue weighted by molar-refractivity contribution is 0.419. The molecule has 13 aromatic rings. The number of benzene rings is 12. The van der Waals surface area contributed by atoms with Crippen LogP contribution >= 0.6 is 0 Å². The van der Waals surface area contributed by atoms with E-state index in [-0.39, 0.29) is 10.8 Å². The van der Waals surface area contributed by atoms with Crippen molar-refractivity contribution in [3.8, 4) is 73.2 Å². The van der Waals surface area contributed by atoms with Crippen LogP contribution in [0.3, 0.4) is 0 Å². The molecule has 1 aromatic heterocycles. The molecule has 0 radical (unpaired) electrons. The van der Waals surface area contributed by atoms with Crippen molar-refractivity contribution in [3.05, 3.63) is 281 Å². The maximum Gasteiger partial charge on any atom is 0.139 e. The quantitative estimate of drug-likeness (QED) is 0.165. The molecule has 0 saturated carbocycles. The first-order valence-corrected chi connectivity index (χ1v) is 27.4. The van der Waals surface area contributed by atoms with Crippen molar-refractivity contribution in [3.63, 3.8) is 0 Å². The smallest absolute Gasteiger partial charge is 0.139 e. The maximum absolute atomic E-state index is 7.12. The van der Waals surface area contributed by atoms with Gasteiger partial charge in [-0.05, 0) is 95.9 Å². The molecule has 4 aliphatic rings. The molecule has 78 heavy (non-hydrogen) atoms. The summed E-state index contributed by atoms with van der Waals surface area (Å²) < 4.78 is 16.9. The van der Waals surface area contributed by atoms with E-state index >= 15 is 0 Å². The number of ether oxygens (including phenoxy) is 2. The Morgan fingerprint density at radius 3 is 1.28 bits per heavy atom. The predicted molar refractivity (Wildman–Crippen MR) is 320 cm³/mol. The zero-order valence-electron chi connectivity index (χ0n) is 43.8. The normalized spacial score (nSPS) is 15.2. The van der Waals surface area contributed by atoms with Crippen molar-refractivity contribution in [2.45, 2.75) is 43.9 Å². The van der Waals surface area contributed by atoms with Gasteiger partial charge < -0.3 is 14.0 Å². The molecule has 0 unspecified atom stereocenters. The van der Waals surface area contributed by atoms with Crippen LogP contribution in [0.5, 0.6) is 23.0 Å². The minimum Gasteiger partial charge on any atom is -0.456 e. The number of aromatic nitrogens is 1. The largest absolute Gasteiger partial charge is 0.456 e. The summed E-state index contributed by atoms with van der Waals surface area (Å²) in [6.45, 7) is 9.30. The summed E-state index contributed by atoms with van der Waals surface area (Å²) in [7, 11) is 0. The molecule has 12 aromatic carbocycles. The van der Waals surface area contributed by atoms with Crippen LogP contribution < -0.4 is 9.47 Å². The summed E-state index contributed by atoms with van der Waals surface area (Å²) in [5.74, 6) is 3.62. The molecule has 0 fully saturated rings. The lowest BCUT2D eigenvalue weighted by Crippen LogP contribution is -2.33. The Labute approximate surface area is 453 Å². The van der Waals surface area contributed by atoms with E-state index in [0.29, 0.717) is 0 Å². The predicted octanol–water partition coefficient (Wildman–Crippen LogP) is 19.6. The van der Waals surface area contributed by atoms with Gasteiger partial charge in [-0.3, -0.25) is 0 Å². The van der Waals surface area contributed by atoms with Gasteiger partial charge in [0, 0.05) is 60.5 Å². The van der Waals surface area contributed by atoms with E-state index in [1.807, 2.05) is 0 Å². The van der Waals surface area contributed by atoms with Gasteiger partial charge in [-0.15, -0.1) is 0 Å². The van der Waals surface area contributed by atoms with Crippen molar-refractivity contribution < 1.29 is 9.47 Å². The monoisotopic (exact) mass is 997 g/mol. The van der Waals surface area contributed by atoms with Crippen LogP contribution in [0.15, 0.2) is 237 Å². The Hall–Kier alpha value is -9.44. The van der Waals surface area contributed by atoms with Gasteiger partial charge >= 0.3 is 0 Å². The molecule has 4 heterocycles. The molecule has 3 aliphatic heterocycles. The maximum atomic E-state index is 7.12. The highest BCUT2D eigenvalue weighted by atomic mass is 16.5. The molecule has 0 amide bonds. The average Bonchev–Trinajstić information content (AvgIpc) is 2.82. The Kier molecular flexibility index (Phi) is 8.62. The molecular formula is C75H51NO2. The third kappa shape index (κ3) is 5.43. The fourth-order valence-electron chi connectivity index (χ4n) is 15.1. The number of nitrogens with zero attached hydrogens (tertiary/aromatic N) is 1. The third-order valence-electron chi connectivity index (χ3n) is 18.5. The van der Waals surface area contributed by atoms with Crippen molar-refractivity contribution in [1.29, 1.82) is 0 Å².